The molecule has 1 aliphatic rings. The lowest BCUT2D eigenvalue weighted by molar-refractivity contribution is -0.140. The van der Waals surface area contributed by atoms with E-state index in [2.05, 4.69) is 5.32 Å². The number of methoxy groups -OCH3 is 1. The highest BCUT2D eigenvalue weighted by atomic mass is 35.5. The maximum Gasteiger partial charge on any atom is 0.416 e. The minimum atomic E-state index is -4.77. The van der Waals surface area contributed by atoms with Crippen molar-refractivity contribution < 1.29 is 35.9 Å². The van der Waals surface area contributed by atoms with E-state index in [9.17, 15) is 31.2 Å². The Kier molecular flexibility index (Phi) is 10.3. The van der Waals surface area contributed by atoms with Gasteiger partial charge in [-0.05, 0) is 55.2 Å². The van der Waals surface area contributed by atoms with E-state index < -0.39 is 45.9 Å². The number of benzene rings is 2. The van der Waals surface area contributed by atoms with Gasteiger partial charge >= 0.3 is 6.18 Å². The van der Waals surface area contributed by atoms with Gasteiger partial charge in [0, 0.05) is 12.6 Å². The topological polar surface area (TPSA) is 96.0 Å². The Bertz CT molecular complexity index is 1300. The van der Waals surface area contributed by atoms with Crippen molar-refractivity contribution in [3.05, 3.63) is 58.6 Å². The zero-order valence-corrected chi connectivity index (χ0v) is 24.1. The Morgan fingerprint density at radius 1 is 1.12 bits per heavy atom. The Morgan fingerprint density at radius 3 is 2.27 bits per heavy atom. The fraction of sp³-hybridized carbons (Fsp3) is 0.481. The smallest absolute Gasteiger partial charge is 0.416 e. The summed E-state index contributed by atoms with van der Waals surface area (Å²) in [6.45, 7) is 0.821. The number of alkyl halides is 3. The molecule has 0 bridgehead atoms. The Balaban J connectivity index is 1.99. The van der Waals surface area contributed by atoms with Crippen LogP contribution in [0.2, 0.25) is 5.02 Å². The van der Waals surface area contributed by atoms with Crippen LogP contribution in [0.4, 0.5) is 18.9 Å². The minimum absolute atomic E-state index is 0.0177. The molecule has 0 saturated heterocycles. The summed E-state index contributed by atoms with van der Waals surface area (Å²) in [5.74, 6) is -0.572. The average Bonchev–Trinajstić information content (AvgIpc) is 3.39. The first-order valence-corrected chi connectivity index (χ1v) is 15.0. The van der Waals surface area contributed by atoms with Crippen LogP contribution in [-0.4, -0.2) is 57.1 Å². The van der Waals surface area contributed by atoms with Gasteiger partial charge in [-0.1, -0.05) is 43.5 Å². The molecule has 0 unspecified atom stereocenters. The number of sulfonamides is 1. The summed E-state index contributed by atoms with van der Waals surface area (Å²) in [5, 5.41) is 2.71. The quantitative estimate of drug-likeness (QED) is 0.390. The summed E-state index contributed by atoms with van der Waals surface area (Å²) < 4.78 is 71.5. The molecular formula is C27H33ClF3N3O5S. The number of carbonyl (C=O) groups is 2. The molecule has 13 heteroatoms. The van der Waals surface area contributed by atoms with E-state index in [0.29, 0.717) is 21.7 Å². The van der Waals surface area contributed by atoms with Crippen molar-refractivity contribution in [3.63, 3.8) is 0 Å². The third-order valence-electron chi connectivity index (χ3n) is 6.82. The van der Waals surface area contributed by atoms with E-state index in [0.717, 1.165) is 44.1 Å². The molecule has 8 nitrogen and oxygen atoms in total. The number of nitrogens with one attached hydrogen (secondary N) is 1. The van der Waals surface area contributed by atoms with E-state index in [4.69, 9.17) is 16.3 Å². The molecule has 1 aliphatic carbocycles. The van der Waals surface area contributed by atoms with Crippen molar-refractivity contribution in [3.8, 4) is 5.75 Å². The molecule has 1 saturated carbocycles. The Labute approximate surface area is 237 Å². The third-order valence-corrected chi connectivity index (χ3v) is 8.27. The molecule has 1 fully saturated rings. The largest absolute Gasteiger partial charge is 0.497 e. The molecule has 1 N–H and O–H groups in total. The number of rotatable bonds is 11. The monoisotopic (exact) mass is 603 g/mol. The number of ether oxygens (including phenoxy) is 1. The van der Waals surface area contributed by atoms with Crippen molar-refractivity contribution in [2.75, 3.05) is 24.2 Å². The summed E-state index contributed by atoms with van der Waals surface area (Å²) >= 11 is 6.13. The molecule has 0 radical (unpaired) electrons. The summed E-state index contributed by atoms with van der Waals surface area (Å²) in [5.41, 5.74) is -0.963. The van der Waals surface area contributed by atoms with E-state index >= 15 is 0 Å². The second kappa shape index (κ2) is 13.1. The van der Waals surface area contributed by atoms with Gasteiger partial charge in [-0.15, -0.1) is 0 Å². The van der Waals surface area contributed by atoms with Crippen LogP contribution in [0.3, 0.4) is 0 Å². The Morgan fingerprint density at radius 2 is 1.75 bits per heavy atom. The highest BCUT2D eigenvalue weighted by Crippen LogP contribution is 2.36. The predicted molar refractivity (Wildman–Crippen MR) is 147 cm³/mol. The standard InChI is InChI=1S/C27H33ClF3N3O5S/c1-4-23(26(36)32-20-7-5-6-8-20)33(16-18-9-12-21(39-2)13-10-18)25(35)17-34(40(3,37)38)24-15-19(27(29,30)31)11-14-22(24)28/h9-15,20,23H,4-8,16-17H2,1-3H3,(H,32,36)/t23-/m0/s1. The molecule has 3 rings (SSSR count). The van der Waals surface area contributed by atoms with E-state index in [1.807, 2.05) is 0 Å². The number of hydrogen-bond donors (Lipinski definition) is 1. The predicted octanol–water partition coefficient (Wildman–Crippen LogP) is 5.00. The van der Waals surface area contributed by atoms with Crippen LogP contribution in [0.15, 0.2) is 42.5 Å². The summed E-state index contributed by atoms with van der Waals surface area (Å²) in [4.78, 5) is 28.4. The van der Waals surface area contributed by atoms with Crippen LogP contribution in [0, 0.1) is 0 Å². The van der Waals surface area contributed by atoms with Crippen molar-refractivity contribution >= 4 is 39.1 Å². The average molecular weight is 604 g/mol. The van der Waals surface area contributed by atoms with Crippen LogP contribution in [-0.2, 0) is 32.3 Å². The number of amides is 2. The van der Waals surface area contributed by atoms with Gasteiger partial charge in [0.25, 0.3) is 0 Å². The van der Waals surface area contributed by atoms with Gasteiger partial charge in [0.2, 0.25) is 21.8 Å². The summed E-state index contributed by atoms with van der Waals surface area (Å²) in [7, 11) is -2.76. The Hall–Kier alpha value is -2.99. The summed E-state index contributed by atoms with van der Waals surface area (Å²) in [6.07, 6.45) is -0.152. The summed E-state index contributed by atoms with van der Waals surface area (Å²) in [6, 6.07) is 8.06. The molecule has 2 amide bonds. The first-order valence-electron chi connectivity index (χ1n) is 12.8. The lowest BCUT2D eigenvalue weighted by atomic mass is 10.1. The van der Waals surface area contributed by atoms with Crippen molar-refractivity contribution in [2.45, 2.75) is 63.8 Å². The van der Waals surface area contributed by atoms with Crippen LogP contribution >= 0.6 is 11.6 Å². The number of hydrogen-bond acceptors (Lipinski definition) is 5. The van der Waals surface area contributed by atoms with Gasteiger partial charge in [0.1, 0.15) is 18.3 Å². The highest BCUT2D eigenvalue weighted by Gasteiger charge is 2.35. The van der Waals surface area contributed by atoms with Gasteiger partial charge in [0.15, 0.2) is 0 Å². The maximum absolute atomic E-state index is 13.8. The van der Waals surface area contributed by atoms with Crippen LogP contribution in [0.5, 0.6) is 5.75 Å². The van der Waals surface area contributed by atoms with Crippen LogP contribution in [0.1, 0.15) is 50.2 Å². The molecule has 2 aromatic carbocycles. The zero-order chi connectivity index (χ0) is 29.7. The number of halogens is 4. The van der Waals surface area contributed by atoms with Crippen LogP contribution < -0.4 is 14.4 Å². The number of carbonyl (C=O) groups excluding carboxylic acids is 2. The molecule has 0 heterocycles. The van der Waals surface area contributed by atoms with Gasteiger partial charge in [-0.3, -0.25) is 13.9 Å². The lowest BCUT2D eigenvalue weighted by Gasteiger charge is -2.33. The number of anilines is 1. The highest BCUT2D eigenvalue weighted by molar-refractivity contribution is 7.92. The van der Waals surface area contributed by atoms with Crippen molar-refractivity contribution in [2.24, 2.45) is 0 Å². The van der Waals surface area contributed by atoms with Gasteiger partial charge < -0.3 is 15.0 Å². The van der Waals surface area contributed by atoms with Gasteiger partial charge in [-0.25, -0.2) is 8.42 Å². The van der Waals surface area contributed by atoms with E-state index in [1.165, 1.54) is 12.0 Å². The normalized spacial score (nSPS) is 15.0. The van der Waals surface area contributed by atoms with Gasteiger partial charge in [-0.2, -0.15) is 13.2 Å². The molecule has 40 heavy (non-hydrogen) atoms. The minimum Gasteiger partial charge on any atom is -0.497 e. The molecule has 0 aromatic heterocycles. The second-order valence-electron chi connectivity index (χ2n) is 9.72. The first-order chi connectivity index (χ1) is 18.7. The third kappa shape index (κ3) is 8.03. The van der Waals surface area contributed by atoms with E-state index in [1.54, 1.807) is 31.2 Å². The molecule has 0 aliphatic heterocycles. The molecule has 2 aromatic rings. The zero-order valence-electron chi connectivity index (χ0n) is 22.5. The fourth-order valence-electron chi connectivity index (χ4n) is 4.69. The molecule has 0 spiro atoms. The second-order valence-corrected chi connectivity index (χ2v) is 12.0. The van der Waals surface area contributed by atoms with Crippen molar-refractivity contribution in [1.82, 2.24) is 10.2 Å². The molecule has 1 atom stereocenters. The SMILES string of the molecule is CC[C@@H](C(=O)NC1CCCC1)N(Cc1ccc(OC)cc1)C(=O)CN(c1cc(C(F)(F)F)ccc1Cl)S(C)(=O)=O. The van der Waals surface area contributed by atoms with Gasteiger partial charge in [0.05, 0.1) is 29.6 Å². The van der Waals surface area contributed by atoms with Crippen molar-refractivity contribution in [1.29, 1.82) is 0 Å². The molecule has 220 valence electrons. The van der Waals surface area contributed by atoms with Crippen LogP contribution in [0.25, 0.3) is 0 Å². The first kappa shape index (κ1) is 31.5. The molecular weight excluding hydrogens is 571 g/mol. The number of nitrogens with zero attached hydrogens (tertiary/aromatic N) is 2. The fourth-order valence-corrected chi connectivity index (χ4v) is 5.81. The maximum atomic E-state index is 13.8. The van der Waals surface area contributed by atoms with E-state index in [-0.39, 0.29) is 29.9 Å². The lowest BCUT2D eigenvalue weighted by Crippen LogP contribution is -2.53.